The second kappa shape index (κ2) is 7.09. The fourth-order valence-electron chi connectivity index (χ4n) is 2.05. The van der Waals surface area contributed by atoms with E-state index < -0.39 is 0 Å². The maximum absolute atomic E-state index is 6.05. The number of halogens is 2. The predicted octanol–water partition coefficient (Wildman–Crippen LogP) is 3.86. The van der Waals surface area contributed by atoms with Crippen molar-refractivity contribution in [3.8, 4) is 5.75 Å². The second-order valence-corrected chi connectivity index (χ2v) is 5.67. The number of rotatable bonds is 5. The maximum atomic E-state index is 6.05. The molecule has 0 bridgehead atoms. The summed E-state index contributed by atoms with van der Waals surface area (Å²) in [6.07, 6.45) is 0.767. The summed E-state index contributed by atoms with van der Waals surface area (Å²) >= 11 is 9.60. The van der Waals surface area contributed by atoms with Gasteiger partial charge < -0.3 is 4.74 Å². The van der Waals surface area contributed by atoms with Crippen LogP contribution in [0.1, 0.15) is 17.2 Å². The molecule has 0 fully saturated rings. The molecule has 20 heavy (non-hydrogen) atoms. The quantitative estimate of drug-likeness (QED) is 0.632. The molecule has 0 spiro atoms. The Morgan fingerprint density at radius 2 is 2.05 bits per heavy atom. The topological polar surface area (TPSA) is 47.3 Å². The fourth-order valence-corrected chi connectivity index (χ4v) is 2.69. The maximum Gasteiger partial charge on any atom is 0.137 e. The van der Waals surface area contributed by atoms with Crippen molar-refractivity contribution in [1.29, 1.82) is 0 Å². The Balaban J connectivity index is 2.26. The Hall–Kier alpha value is -1.07. The molecule has 3 N–H and O–H groups in total. The third kappa shape index (κ3) is 3.52. The van der Waals surface area contributed by atoms with Crippen LogP contribution in [0.15, 0.2) is 46.9 Å². The first-order valence-corrected chi connectivity index (χ1v) is 7.35. The number of nitrogens with two attached hydrogens (primary N) is 1. The van der Waals surface area contributed by atoms with Crippen molar-refractivity contribution in [2.45, 2.75) is 12.5 Å². The van der Waals surface area contributed by atoms with Crippen LogP contribution in [0, 0.1) is 0 Å². The highest BCUT2D eigenvalue weighted by Crippen LogP contribution is 2.30. The SMILES string of the molecule is COc1cc(C(Cc2ccccc2Br)NN)ccc1Cl. The van der Waals surface area contributed by atoms with Crippen LogP contribution < -0.4 is 16.0 Å². The number of hydrazine groups is 1. The Morgan fingerprint density at radius 1 is 1.30 bits per heavy atom. The van der Waals surface area contributed by atoms with E-state index in [4.69, 9.17) is 22.2 Å². The summed E-state index contributed by atoms with van der Waals surface area (Å²) in [7, 11) is 1.60. The van der Waals surface area contributed by atoms with E-state index in [-0.39, 0.29) is 6.04 Å². The van der Waals surface area contributed by atoms with E-state index in [0.29, 0.717) is 10.8 Å². The summed E-state index contributed by atoms with van der Waals surface area (Å²) in [5.74, 6) is 6.34. The average molecular weight is 356 g/mol. The second-order valence-electron chi connectivity index (χ2n) is 4.41. The van der Waals surface area contributed by atoms with Gasteiger partial charge in [-0.3, -0.25) is 11.3 Å². The third-order valence-electron chi connectivity index (χ3n) is 3.16. The van der Waals surface area contributed by atoms with Crippen LogP contribution in [0.5, 0.6) is 5.75 Å². The van der Waals surface area contributed by atoms with E-state index in [2.05, 4.69) is 27.4 Å². The molecule has 0 aliphatic carbocycles. The number of hydrogen-bond donors (Lipinski definition) is 2. The van der Waals surface area contributed by atoms with Crippen molar-refractivity contribution in [2.24, 2.45) is 5.84 Å². The minimum absolute atomic E-state index is 0.0140. The molecular weight excluding hydrogens is 340 g/mol. The molecule has 2 aromatic rings. The molecule has 0 aliphatic heterocycles. The normalized spacial score (nSPS) is 12.2. The van der Waals surface area contributed by atoms with E-state index >= 15 is 0 Å². The molecule has 2 aromatic carbocycles. The van der Waals surface area contributed by atoms with Crippen molar-refractivity contribution >= 4 is 27.5 Å². The van der Waals surface area contributed by atoms with Crippen molar-refractivity contribution in [1.82, 2.24) is 5.43 Å². The van der Waals surface area contributed by atoms with Crippen LogP contribution in [-0.2, 0) is 6.42 Å². The summed E-state index contributed by atoms with van der Waals surface area (Å²) in [4.78, 5) is 0. The van der Waals surface area contributed by atoms with E-state index in [1.807, 2.05) is 36.4 Å². The van der Waals surface area contributed by atoms with Gasteiger partial charge in [0, 0.05) is 4.47 Å². The highest BCUT2D eigenvalue weighted by atomic mass is 79.9. The lowest BCUT2D eigenvalue weighted by atomic mass is 9.99. The Kier molecular flexibility index (Phi) is 5.43. The van der Waals surface area contributed by atoms with Gasteiger partial charge in [0.1, 0.15) is 5.75 Å². The number of ether oxygens (including phenoxy) is 1. The van der Waals surface area contributed by atoms with Gasteiger partial charge in [0.2, 0.25) is 0 Å². The first-order chi connectivity index (χ1) is 9.65. The van der Waals surface area contributed by atoms with Gasteiger partial charge in [-0.25, -0.2) is 0 Å². The Labute approximate surface area is 132 Å². The summed E-state index contributed by atoms with van der Waals surface area (Å²) in [6.45, 7) is 0. The standard InChI is InChI=1S/C15H16BrClN2O/c1-20-15-9-11(6-7-13(15)17)14(19-18)8-10-4-2-3-5-12(10)16/h2-7,9,14,19H,8,18H2,1H3. The molecule has 0 saturated heterocycles. The van der Waals surface area contributed by atoms with E-state index in [0.717, 1.165) is 16.5 Å². The molecule has 0 heterocycles. The zero-order valence-electron chi connectivity index (χ0n) is 11.1. The molecule has 1 unspecified atom stereocenters. The molecule has 0 amide bonds. The lowest BCUT2D eigenvalue weighted by Crippen LogP contribution is -2.29. The summed E-state index contributed by atoms with van der Waals surface area (Å²) in [5, 5.41) is 0.591. The Morgan fingerprint density at radius 3 is 2.70 bits per heavy atom. The summed E-state index contributed by atoms with van der Waals surface area (Å²) in [5.41, 5.74) is 5.06. The molecular formula is C15H16BrClN2O. The van der Waals surface area contributed by atoms with E-state index in [1.165, 1.54) is 5.56 Å². The van der Waals surface area contributed by atoms with Crippen LogP contribution >= 0.6 is 27.5 Å². The van der Waals surface area contributed by atoms with Crippen LogP contribution in [-0.4, -0.2) is 7.11 Å². The molecule has 2 rings (SSSR count). The molecule has 0 aliphatic rings. The van der Waals surface area contributed by atoms with Gasteiger partial charge in [-0.05, 0) is 35.7 Å². The first kappa shape index (κ1) is 15.3. The van der Waals surface area contributed by atoms with Crippen molar-refractivity contribution in [2.75, 3.05) is 7.11 Å². The summed E-state index contributed by atoms with van der Waals surface area (Å²) < 4.78 is 6.31. The van der Waals surface area contributed by atoms with Crippen LogP contribution in [0.4, 0.5) is 0 Å². The molecule has 0 saturated carbocycles. The lowest BCUT2D eigenvalue weighted by molar-refractivity contribution is 0.413. The fraction of sp³-hybridized carbons (Fsp3) is 0.200. The van der Waals surface area contributed by atoms with Gasteiger partial charge in [0.15, 0.2) is 0 Å². The molecule has 0 aromatic heterocycles. The highest BCUT2D eigenvalue weighted by molar-refractivity contribution is 9.10. The van der Waals surface area contributed by atoms with E-state index in [1.54, 1.807) is 7.11 Å². The van der Waals surface area contributed by atoms with E-state index in [9.17, 15) is 0 Å². The Bertz CT molecular complexity index is 592. The van der Waals surface area contributed by atoms with Crippen molar-refractivity contribution in [3.63, 3.8) is 0 Å². The number of nitrogens with one attached hydrogen (secondary N) is 1. The monoisotopic (exact) mass is 354 g/mol. The molecule has 106 valence electrons. The van der Waals surface area contributed by atoms with Crippen molar-refractivity contribution in [3.05, 3.63) is 63.1 Å². The molecule has 0 radical (unpaired) electrons. The zero-order valence-corrected chi connectivity index (χ0v) is 13.4. The van der Waals surface area contributed by atoms with Crippen LogP contribution in [0.2, 0.25) is 5.02 Å². The third-order valence-corrected chi connectivity index (χ3v) is 4.25. The van der Waals surface area contributed by atoms with Crippen LogP contribution in [0.25, 0.3) is 0 Å². The van der Waals surface area contributed by atoms with Gasteiger partial charge in [-0.15, -0.1) is 0 Å². The highest BCUT2D eigenvalue weighted by Gasteiger charge is 2.14. The molecule has 5 heteroatoms. The lowest BCUT2D eigenvalue weighted by Gasteiger charge is -2.18. The van der Waals surface area contributed by atoms with Crippen molar-refractivity contribution < 1.29 is 4.74 Å². The number of benzene rings is 2. The van der Waals surface area contributed by atoms with Gasteiger partial charge in [-0.1, -0.05) is 51.8 Å². The van der Waals surface area contributed by atoms with Crippen LogP contribution in [0.3, 0.4) is 0 Å². The number of hydrogen-bond acceptors (Lipinski definition) is 3. The van der Waals surface area contributed by atoms with Gasteiger partial charge in [0.25, 0.3) is 0 Å². The average Bonchev–Trinajstić information content (AvgIpc) is 2.47. The largest absolute Gasteiger partial charge is 0.495 e. The van der Waals surface area contributed by atoms with Gasteiger partial charge in [0.05, 0.1) is 18.2 Å². The minimum Gasteiger partial charge on any atom is -0.495 e. The molecule has 3 nitrogen and oxygen atoms in total. The smallest absolute Gasteiger partial charge is 0.137 e. The summed E-state index contributed by atoms with van der Waals surface area (Å²) in [6, 6.07) is 13.8. The minimum atomic E-state index is -0.0140. The first-order valence-electron chi connectivity index (χ1n) is 6.18. The molecule has 1 atom stereocenters. The van der Waals surface area contributed by atoms with Gasteiger partial charge in [-0.2, -0.15) is 0 Å². The zero-order chi connectivity index (χ0) is 14.5. The predicted molar refractivity (Wildman–Crippen MR) is 85.9 cm³/mol. The van der Waals surface area contributed by atoms with Gasteiger partial charge >= 0.3 is 0 Å². The number of methoxy groups -OCH3 is 1.